The van der Waals surface area contributed by atoms with Gasteiger partial charge in [-0.15, -0.1) is 0 Å². The fraction of sp³-hybridized carbons (Fsp3) is 0.444. The zero-order valence-corrected chi connectivity index (χ0v) is 13.8. The quantitative estimate of drug-likeness (QED) is 0.753. The van der Waals surface area contributed by atoms with Crippen LogP contribution in [0.25, 0.3) is 10.9 Å². The van der Waals surface area contributed by atoms with Crippen molar-refractivity contribution in [2.45, 2.75) is 32.4 Å². The number of nitrogens with zero attached hydrogens (tertiary/aromatic N) is 2. The van der Waals surface area contributed by atoms with E-state index in [4.69, 9.17) is 9.26 Å². The van der Waals surface area contributed by atoms with E-state index in [9.17, 15) is 0 Å². The highest BCUT2D eigenvalue weighted by Crippen LogP contribution is 2.30. The van der Waals surface area contributed by atoms with Crippen molar-refractivity contribution in [3.05, 3.63) is 47.7 Å². The van der Waals surface area contributed by atoms with Crippen LogP contribution >= 0.6 is 0 Å². The Kier molecular flexibility index (Phi) is 4.32. The molecule has 1 aromatic carbocycles. The first-order valence-electron chi connectivity index (χ1n) is 8.47. The lowest BCUT2D eigenvalue weighted by atomic mass is 9.91. The van der Waals surface area contributed by atoms with Gasteiger partial charge in [0.05, 0.1) is 6.04 Å². The van der Waals surface area contributed by atoms with Gasteiger partial charge >= 0.3 is 0 Å². The number of aromatic nitrogens is 3. The van der Waals surface area contributed by atoms with Crippen molar-refractivity contribution in [2.24, 2.45) is 5.92 Å². The number of rotatable bonds is 5. The molecule has 126 valence electrons. The average molecular weight is 326 g/mol. The van der Waals surface area contributed by atoms with Crippen LogP contribution < -0.4 is 5.32 Å². The summed E-state index contributed by atoms with van der Waals surface area (Å²) < 4.78 is 11.0. The molecule has 0 saturated carbocycles. The van der Waals surface area contributed by atoms with Crippen LogP contribution in [0.15, 0.2) is 35.0 Å². The predicted octanol–water partition coefficient (Wildman–Crippen LogP) is 3.12. The summed E-state index contributed by atoms with van der Waals surface area (Å²) in [6, 6.07) is 8.51. The molecule has 24 heavy (non-hydrogen) atoms. The molecule has 2 N–H and O–H groups in total. The first-order valence-corrected chi connectivity index (χ1v) is 8.47. The van der Waals surface area contributed by atoms with Crippen LogP contribution in [0.1, 0.15) is 36.2 Å². The molecule has 0 aliphatic carbocycles. The molecule has 0 radical (unpaired) electrons. The second-order valence-corrected chi connectivity index (χ2v) is 6.34. The van der Waals surface area contributed by atoms with Crippen LogP contribution in [0.4, 0.5) is 0 Å². The Labute approximate surface area is 140 Å². The minimum atomic E-state index is 0.0595. The van der Waals surface area contributed by atoms with Gasteiger partial charge in [0, 0.05) is 36.9 Å². The van der Waals surface area contributed by atoms with E-state index in [2.05, 4.69) is 44.7 Å². The maximum atomic E-state index is 5.50. The van der Waals surface area contributed by atoms with E-state index in [1.54, 1.807) is 0 Å². The summed E-state index contributed by atoms with van der Waals surface area (Å²) in [5, 5.41) is 8.87. The van der Waals surface area contributed by atoms with Gasteiger partial charge in [-0.2, -0.15) is 4.98 Å². The summed E-state index contributed by atoms with van der Waals surface area (Å²) in [7, 11) is 0. The van der Waals surface area contributed by atoms with E-state index in [0.29, 0.717) is 17.6 Å². The molecular weight excluding hydrogens is 304 g/mol. The zero-order valence-electron chi connectivity index (χ0n) is 13.8. The average Bonchev–Trinajstić information content (AvgIpc) is 3.25. The Morgan fingerprint density at radius 2 is 2.17 bits per heavy atom. The van der Waals surface area contributed by atoms with Crippen molar-refractivity contribution in [1.29, 1.82) is 0 Å². The molecule has 0 spiro atoms. The van der Waals surface area contributed by atoms with Gasteiger partial charge in [0.2, 0.25) is 5.89 Å². The van der Waals surface area contributed by atoms with Gasteiger partial charge in [-0.25, -0.2) is 0 Å². The third kappa shape index (κ3) is 3.07. The van der Waals surface area contributed by atoms with Crippen molar-refractivity contribution in [3.8, 4) is 0 Å². The molecule has 0 unspecified atom stereocenters. The lowest BCUT2D eigenvalue weighted by Gasteiger charge is -2.28. The van der Waals surface area contributed by atoms with Crippen LogP contribution in [0.2, 0.25) is 0 Å². The Hall–Kier alpha value is -2.18. The number of hydrogen-bond donors (Lipinski definition) is 2. The Morgan fingerprint density at radius 3 is 2.96 bits per heavy atom. The smallest absolute Gasteiger partial charge is 0.244 e. The number of aromatic amines is 1. The number of hydrogen-bond acceptors (Lipinski definition) is 5. The molecule has 6 heteroatoms. The minimum Gasteiger partial charge on any atom is -0.381 e. The van der Waals surface area contributed by atoms with Crippen molar-refractivity contribution in [1.82, 2.24) is 20.4 Å². The number of ether oxygens (including phenoxy) is 1. The molecule has 1 aliphatic heterocycles. The van der Waals surface area contributed by atoms with Crippen LogP contribution in [-0.4, -0.2) is 28.3 Å². The van der Waals surface area contributed by atoms with Gasteiger partial charge < -0.3 is 19.6 Å². The highest BCUT2D eigenvalue weighted by Gasteiger charge is 2.29. The van der Waals surface area contributed by atoms with E-state index < -0.39 is 0 Å². The summed E-state index contributed by atoms with van der Waals surface area (Å²) in [5.41, 5.74) is 2.42. The molecule has 1 aliphatic rings. The first-order chi connectivity index (χ1) is 11.8. The number of benzene rings is 1. The molecule has 2 aromatic heterocycles. The third-order valence-electron chi connectivity index (χ3n) is 4.74. The lowest BCUT2D eigenvalue weighted by molar-refractivity contribution is 0.0485. The van der Waals surface area contributed by atoms with Gasteiger partial charge in [0.25, 0.3) is 0 Å². The largest absolute Gasteiger partial charge is 0.381 e. The highest BCUT2D eigenvalue weighted by atomic mass is 16.5. The lowest BCUT2D eigenvalue weighted by Crippen LogP contribution is -2.32. The summed E-state index contributed by atoms with van der Waals surface area (Å²) in [5.74, 6) is 1.81. The van der Waals surface area contributed by atoms with Crippen LogP contribution in [0, 0.1) is 12.8 Å². The van der Waals surface area contributed by atoms with Gasteiger partial charge in [0.1, 0.15) is 0 Å². The van der Waals surface area contributed by atoms with Gasteiger partial charge in [-0.1, -0.05) is 17.3 Å². The van der Waals surface area contributed by atoms with Crippen LogP contribution in [-0.2, 0) is 11.3 Å². The Morgan fingerprint density at radius 1 is 1.29 bits per heavy atom. The fourth-order valence-corrected chi connectivity index (χ4v) is 3.47. The Balaban J connectivity index is 1.56. The molecule has 0 amide bonds. The first kappa shape index (κ1) is 15.4. The molecule has 1 atom stereocenters. The molecule has 1 saturated heterocycles. The van der Waals surface area contributed by atoms with Crippen LogP contribution in [0.5, 0.6) is 0 Å². The van der Waals surface area contributed by atoms with Crippen molar-refractivity contribution < 1.29 is 9.26 Å². The molecular formula is C18H22N4O2. The van der Waals surface area contributed by atoms with Gasteiger partial charge in [-0.05, 0) is 43.4 Å². The molecule has 0 bridgehead atoms. The number of fused-ring (bicyclic) bond motifs is 1. The minimum absolute atomic E-state index is 0.0595. The highest BCUT2D eigenvalue weighted by molar-refractivity contribution is 5.82. The number of aryl methyl sites for hydroxylation is 1. The SMILES string of the molecule is Cc1noc([C@H](NCc2cccc3[nH]ccc23)C2CCOCC2)n1. The molecule has 4 rings (SSSR count). The zero-order chi connectivity index (χ0) is 16.4. The summed E-state index contributed by atoms with van der Waals surface area (Å²) >= 11 is 0. The van der Waals surface area contributed by atoms with Gasteiger partial charge in [0.15, 0.2) is 5.82 Å². The van der Waals surface area contributed by atoms with E-state index in [0.717, 1.165) is 38.1 Å². The van der Waals surface area contributed by atoms with Crippen molar-refractivity contribution in [3.63, 3.8) is 0 Å². The maximum absolute atomic E-state index is 5.50. The number of nitrogens with one attached hydrogen (secondary N) is 2. The van der Waals surface area contributed by atoms with Crippen molar-refractivity contribution >= 4 is 10.9 Å². The second kappa shape index (κ2) is 6.75. The van der Waals surface area contributed by atoms with E-state index in [-0.39, 0.29) is 6.04 Å². The molecule has 6 nitrogen and oxygen atoms in total. The predicted molar refractivity (Wildman–Crippen MR) is 90.5 cm³/mol. The van der Waals surface area contributed by atoms with Crippen molar-refractivity contribution in [2.75, 3.05) is 13.2 Å². The normalized spacial score (nSPS) is 17.4. The monoisotopic (exact) mass is 326 g/mol. The standard InChI is InChI=1S/C18H22N4O2/c1-12-21-18(24-22-12)17(13-6-9-23-10-7-13)20-11-14-3-2-4-16-15(14)5-8-19-16/h2-5,8,13,17,19-20H,6-7,9-11H2,1H3/t17-/m1/s1. The Bertz CT molecular complexity index is 804. The van der Waals surface area contributed by atoms with E-state index in [1.807, 2.05) is 13.1 Å². The van der Waals surface area contributed by atoms with E-state index >= 15 is 0 Å². The summed E-state index contributed by atoms with van der Waals surface area (Å²) in [6.45, 7) is 4.21. The topological polar surface area (TPSA) is 76.0 Å². The fourth-order valence-electron chi connectivity index (χ4n) is 3.47. The number of H-pyrrole nitrogens is 1. The molecule has 1 fully saturated rings. The summed E-state index contributed by atoms with van der Waals surface area (Å²) in [4.78, 5) is 7.72. The molecule has 3 aromatic rings. The summed E-state index contributed by atoms with van der Waals surface area (Å²) in [6.07, 6.45) is 3.99. The van der Waals surface area contributed by atoms with E-state index in [1.165, 1.54) is 10.9 Å². The second-order valence-electron chi connectivity index (χ2n) is 6.34. The third-order valence-corrected chi connectivity index (χ3v) is 4.74. The molecule has 3 heterocycles. The van der Waals surface area contributed by atoms with Crippen LogP contribution in [0.3, 0.4) is 0 Å². The maximum Gasteiger partial charge on any atom is 0.244 e. The van der Waals surface area contributed by atoms with Gasteiger partial charge in [-0.3, -0.25) is 0 Å².